The highest BCUT2D eigenvalue weighted by Crippen LogP contribution is 2.20. The van der Waals surface area contributed by atoms with Crippen molar-refractivity contribution in [3.8, 4) is 5.75 Å². The first-order valence-corrected chi connectivity index (χ1v) is 6.72. The smallest absolute Gasteiger partial charge is 0.186 e. The summed E-state index contributed by atoms with van der Waals surface area (Å²) in [6.45, 7) is 4.18. The molecule has 0 spiro atoms. The average molecular weight is 240 g/mol. The molecule has 1 aromatic carbocycles. The summed E-state index contributed by atoms with van der Waals surface area (Å²) in [6, 6.07) is 7.90. The SMILES string of the molecule is CC(C)SCCCc1ccccc1OCO. The minimum atomic E-state index is -0.252. The third-order valence-corrected chi connectivity index (χ3v) is 3.43. The number of benzene rings is 1. The van der Waals surface area contributed by atoms with Gasteiger partial charge in [-0.1, -0.05) is 32.0 Å². The van der Waals surface area contributed by atoms with E-state index in [2.05, 4.69) is 19.9 Å². The van der Waals surface area contributed by atoms with E-state index in [1.807, 2.05) is 30.0 Å². The Morgan fingerprint density at radius 2 is 2.06 bits per heavy atom. The Morgan fingerprint density at radius 3 is 2.75 bits per heavy atom. The van der Waals surface area contributed by atoms with Gasteiger partial charge in [0.15, 0.2) is 6.79 Å². The number of aliphatic hydroxyl groups is 1. The molecule has 1 rings (SSSR count). The van der Waals surface area contributed by atoms with Crippen molar-refractivity contribution in [1.82, 2.24) is 0 Å². The van der Waals surface area contributed by atoms with Crippen LogP contribution in [0.1, 0.15) is 25.8 Å². The van der Waals surface area contributed by atoms with E-state index in [-0.39, 0.29) is 6.79 Å². The van der Waals surface area contributed by atoms with E-state index in [1.165, 1.54) is 11.3 Å². The van der Waals surface area contributed by atoms with Crippen LogP contribution in [0.25, 0.3) is 0 Å². The van der Waals surface area contributed by atoms with Gasteiger partial charge < -0.3 is 9.84 Å². The molecule has 2 nitrogen and oxygen atoms in total. The zero-order valence-corrected chi connectivity index (χ0v) is 10.8. The van der Waals surface area contributed by atoms with Crippen LogP contribution in [0.3, 0.4) is 0 Å². The van der Waals surface area contributed by atoms with Crippen molar-refractivity contribution in [2.24, 2.45) is 0 Å². The van der Waals surface area contributed by atoms with Crippen molar-refractivity contribution in [3.63, 3.8) is 0 Å². The highest BCUT2D eigenvalue weighted by Gasteiger charge is 2.02. The first kappa shape index (κ1) is 13.4. The van der Waals surface area contributed by atoms with Crippen molar-refractivity contribution in [2.45, 2.75) is 31.9 Å². The Hall–Kier alpha value is -0.670. The Balaban J connectivity index is 2.40. The molecule has 1 aromatic rings. The van der Waals surface area contributed by atoms with Gasteiger partial charge in [-0.05, 0) is 35.5 Å². The van der Waals surface area contributed by atoms with Crippen LogP contribution >= 0.6 is 11.8 Å². The number of hydrogen-bond donors (Lipinski definition) is 1. The second kappa shape index (κ2) is 7.58. The maximum atomic E-state index is 8.76. The Morgan fingerprint density at radius 1 is 1.31 bits per heavy atom. The summed E-state index contributed by atoms with van der Waals surface area (Å²) in [5, 5.41) is 9.46. The molecule has 0 aliphatic carbocycles. The van der Waals surface area contributed by atoms with Crippen LogP contribution in [0.2, 0.25) is 0 Å². The van der Waals surface area contributed by atoms with Crippen LogP contribution in [-0.4, -0.2) is 22.9 Å². The molecular weight excluding hydrogens is 220 g/mol. The second-order valence-corrected chi connectivity index (χ2v) is 5.59. The Bertz CT molecular complexity index is 300. The molecule has 0 saturated heterocycles. The van der Waals surface area contributed by atoms with Gasteiger partial charge in [-0.3, -0.25) is 0 Å². The average Bonchev–Trinajstić information content (AvgIpc) is 2.26. The minimum absolute atomic E-state index is 0.252. The number of hydrogen-bond acceptors (Lipinski definition) is 3. The topological polar surface area (TPSA) is 29.5 Å². The fourth-order valence-electron chi connectivity index (χ4n) is 1.50. The quantitative estimate of drug-likeness (QED) is 0.586. The largest absolute Gasteiger partial charge is 0.467 e. The molecule has 0 bridgehead atoms. The van der Waals surface area contributed by atoms with E-state index in [9.17, 15) is 0 Å². The number of rotatable bonds is 7. The van der Waals surface area contributed by atoms with E-state index in [0.717, 1.165) is 18.6 Å². The van der Waals surface area contributed by atoms with Gasteiger partial charge in [0.25, 0.3) is 0 Å². The van der Waals surface area contributed by atoms with Gasteiger partial charge in [-0.15, -0.1) is 0 Å². The van der Waals surface area contributed by atoms with Crippen molar-refractivity contribution in [3.05, 3.63) is 29.8 Å². The molecule has 0 saturated carbocycles. The highest BCUT2D eigenvalue weighted by molar-refractivity contribution is 7.99. The lowest BCUT2D eigenvalue weighted by atomic mass is 10.1. The van der Waals surface area contributed by atoms with Gasteiger partial charge in [0.2, 0.25) is 0 Å². The standard InChI is InChI=1S/C13H20O2S/c1-11(2)16-9-5-7-12-6-3-4-8-13(12)15-10-14/h3-4,6,8,11,14H,5,7,9-10H2,1-2H3. The molecule has 0 fully saturated rings. The molecule has 0 aliphatic rings. The number of ether oxygens (including phenoxy) is 1. The zero-order chi connectivity index (χ0) is 11.8. The summed E-state index contributed by atoms with van der Waals surface area (Å²) < 4.78 is 5.16. The van der Waals surface area contributed by atoms with Crippen LogP contribution in [-0.2, 0) is 6.42 Å². The van der Waals surface area contributed by atoms with E-state index >= 15 is 0 Å². The maximum Gasteiger partial charge on any atom is 0.186 e. The fraction of sp³-hybridized carbons (Fsp3) is 0.538. The summed E-state index contributed by atoms with van der Waals surface area (Å²) in [7, 11) is 0. The van der Waals surface area contributed by atoms with Crippen LogP contribution in [0.5, 0.6) is 5.75 Å². The number of para-hydroxylation sites is 1. The van der Waals surface area contributed by atoms with E-state index in [1.54, 1.807) is 0 Å². The van der Waals surface area contributed by atoms with Gasteiger partial charge in [-0.2, -0.15) is 11.8 Å². The predicted octanol–water partition coefficient (Wildman–Crippen LogP) is 3.09. The summed E-state index contributed by atoms with van der Waals surface area (Å²) >= 11 is 1.98. The predicted molar refractivity (Wildman–Crippen MR) is 70.1 cm³/mol. The molecule has 0 unspecified atom stereocenters. The summed E-state index contributed by atoms with van der Waals surface area (Å²) in [6.07, 6.45) is 2.16. The third-order valence-electron chi connectivity index (χ3n) is 2.23. The van der Waals surface area contributed by atoms with Crippen LogP contribution < -0.4 is 4.74 Å². The Labute approximate surface area is 102 Å². The molecule has 1 N–H and O–H groups in total. The monoisotopic (exact) mass is 240 g/mol. The van der Waals surface area contributed by atoms with E-state index in [0.29, 0.717) is 5.25 Å². The van der Waals surface area contributed by atoms with Gasteiger partial charge >= 0.3 is 0 Å². The first-order valence-electron chi connectivity index (χ1n) is 5.67. The van der Waals surface area contributed by atoms with E-state index < -0.39 is 0 Å². The maximum absolute atomic E-state index is 8.76. The molecule has 0 aliphatic heterocycles. The third kappa shape index (κ3) is 4.90. The molecule has 0 radical (unpaired) electrons. The minimum Gasteiger partial charge on any atom is -0.467 e. The van der Waals surface area contributed by atoms with E-state index in [4.69, 9.17) is 9.84 Å². The number of aryl methyl sites for hydroxylation is 1. The summed E-state index contributed by atoms with van der Waals surface area (Å²) in [5.41, 5.74) is 1.18. The molecule has 90 valence electrons. The molecule has 16 heavy (non-hydrogen) atoms. The molecule has 0 amide bonds. The lowest BCUT2D eigenvalue weighted by molar-refractivity contribution is 0.0975. The lowest BCUT2D eigenvalue weighted by Crippen LogP contribution is -1.99. The van der Waals surface area contributed by atoms with Gasteiger partial charge in [0.1, 0.15) is 5.75 Å². The number of aliphatic hydroxyl groups excluding tert-OH is 1. The van der Waals surface area contributed by atoms with Gasteiger partial charge in [0, 0.05) is 0 Å². The van der Waals surface area contributed by atoms with Crippen molar-refractivity contribution >= 4 is 11.8 Å². The Kier molecular flexibility index (Phi) is 6.34. The van der Waals surface area contributed by atoms with Crippen LogP contribution in [0, 0.1) is 0 Å². The molecule has 0 atom stereocenters. The first-order chi connectivity index (χ1) is 7.74. The fourth-order valence-corrected chi connectivity index (χ4v) is 2.28. The van der Waals surface area contributed by atoms with Crippen molar-refractivity contribution in [1.29, 1.82) is 0 Å². The van der Waals surface area contributed by atoms with Gasteiger partial charge in [0.05, 0.1) is 0 Å². The zero-order valence-electron chi connectivity index (χ0n) is 9.98. The summed E-state index contributed by atoms with van der Waals surface area (Å²) in [4.78, 5) is 0. The van der Waals surface area contributed by atoms with Crippen molar-refractivity contribution in [2.75, 3.05) is 12.5 Å². The molecule has 3 heteroatoms. The summed E-state index contributed by atoms with van der Waals surface area (Å²) in [5.74, 6) is 1.98. The lowest BCUT2D eigenvalue weighted by Gasteiger charge is -2.09. The van der Waals surface area contributed by atoms with Crippen molar-refractivity contribution < 1.29 is 9.84 Å². The van der Waals surface area contributed by atoms with Crippen LogP contribution in [0.15, 0.2) is 24.3 Å². The number of thioether (sulfide) groups is 1. The normalized spacial score (nSPS) is 10.8. The molecule has 0 aromatic heterocycles. The van der Waals surface area contributed by atoms with Gasteiger partial charge in [-0.25, -0.2) is 0 Å². The molecular formula is C13H20O2S. The van der Waals surface area contributed by atoms with Crippen LogP contribution in [0.4, 0.5) is 0 Å². The highest BCUT2D eigenvalue weighted by atomic mass is 32.2. The second-order valence-electron chi connectivity index (χ2n) is 3.90. The molecule has 0 heterocycles.